The van der Waals surface area contributed by atoms with Gasteiger partial charge < -0.3 is 15.4 Å². The minimum Gasteiger partial charge on any atom is -0.387 e. The molecule has 1 saturated heterocycles. The van der Waals surface area contributed by atoms with Crippen molar-refractivity contribution in [1.82, 2.24) is 4.90 Å². The van der Waals surface area contributed by atoms with Gasteiger partial charge in [-0.05, 0) is 0 Å². The van der Waals surface area contributed by atoms with Crippen molar-refractivity contribution in [3.8, 4) is 0 Å². The van der Waals surface area contributed by atoms with Gasteiger partial charge in [-0.25, -0.2) is 0 Å². The SMILES string of the molecule is CC(C)C(N)=NCCC(=O)N1CCOCC1. The van der Waals surface area contributed by atoms with Gasteiger partial charge in [-0.15, -0.1) is 0 Å². The van der Waals surface area contributed by atoms with Crippen molar-refractivity contribution in [3.05, 3.63) is 0 Å². The highest BCUT2D eigenvalue weighted by Gasteiger charge is 2.15. The van der Waals surface area contributed by atoms with E-state index in [-0.39, 0.29) is 11.8 Å². The van der Waals surface area contributed by atoms with Gasteiger partial charge in [-0.2, -0.15) is 0 Å². The molecule has 0 bridgehead atoms. The van der Waals surface area contributed by atoms with Crippen LogP contribution in [-0.2, 0) is 9.53 Å². The van der Waals surface area contributed by atoms with Gasteiger partial charge in [0, 0.05) is 32.0 Å². The van der Waals surface area contributed by atoms with Crippen molar-refractivity contribution in [2.24, 2.45) is 16.6 Å². The predicted molar refractivity (Wildman–Crippen MR) is 63.3 cm³/mol. The summed E-state index contributed by atoms with van der Waals surface area (Å²) in [5.74, 6) is 1.01. The lowest BCUT2D eigenvalue weighted by atomic mass is 10.2. The molecule has 1 rings (SSSR count). The molecular formula is C11H21N3O2. The maximum atomic E-state index is 11.7. The summed E-state index contributed by atoms with van der Waals surface area (Å²) in [5, 5.41) is 0. The molecule has 1 aliphatic heterocycles. The Morgan fingerprint density at radius 1 is 1.44 bits per heavy atom. The molecule has 92 valence electrons. The summed E-state index contributed by atoms with van der Waals surface area (Å²) in [6.45, 7) is 7.14. The van der Waals surface area contributed by atoms with Gasteiger partial charge in [-0.1, -0.05) is 13.8 Å². The molecule has 2 N–H and O–H groups in total. The highest BCUT2D eigenvalue weighted by atomic mass is 16.5. The summed E-state index contributed by atoms with van der Waals surface area (Å²) in [5.41, 5.74) is 5.69. The number of carbonyl (C=O) groups excluding carboxylic acids is 1. The zero-order valence-corrected chi connectivity index (χ0v) is 10.1. The average Bonchev–Trinajstić information content (AvgIpc) is 2.29. The van der Waals surface area contributed by atoms with Crippen molar-refractivity contribution < 1.29 is 9.53 Å². The molecule has 1 heterocycles. The van der Waals surface area contributed by atoms with Crippen molar-refractivity contribution in [2.45, 2.75) is 20.3 Å². The molecule has 0 radical (unpaired) electrons. The first-order valence-corrected chi connectivity index (χ1v) is 5.76. The van der Waals surface area contributed by atoms with Crippen LogP contribution >= 0.6 is 0 Å². The topological polar surface area (TPSA) is 67.9 Å². The van der Waals surface area contributed by atoms with Crippen LogP contribution in [0.5, 0.6) is 0 Å². The Kier molecular flexibility index (Phi) is 5.25. The van der Waals surface area contributed by atoms with Gasteiger partial charge in [-0.3, -0.25) is 9.79 Å². The van der Waals surface area contributed by atoms with E-state index in [4.69, 9.17) is 10.5 Å². The molecule has 1 amide bonds. The molecule has 0 atom stereocenters. The van der Waals surface area contributed by atoms with E-state index in [0.717, 1.165) is 0 Å². The molecule has 0 aromatic rings. The fraction of sp³-hybridized carbons (Fsp3) is 0.818. The first-order chi connectivity index (χ1) is 7.61. The molecule has 5 nitrogen and oxygen atoms in total. The van der Waals surface area contributed by atoms with Gasteiger partial charge in [0.25, 0.3) is 0 Å². The minimum atomic E-state index is 0.142. The van der Waals surface area contributed by atoms with Crippen LogP contribution in [0.15, 0.2) is 4.99 Å². The van der Waals surface area contributed by atoms with Gasteiger partial charge in [0.2, 0.25) is 5.91 Å². The number of ether oxygens (including phenoxy) is 1. The van der Waals surface area contributed by atoms with E-state index >= 15 is 0 Å². The number of amides is 1. The number of nitrogens with two attached hydrogens (primary N) is 1. The maximum Gasteiger partial charge on any atom is 0.224 e. The van der Waals surface area contributed by atoms with Gasteiger partial charge in [0.15, 0.2) is 0 Å². The number of morpholine rings is 1. The van der Waals surface area contributed by atoms with Crippen molar-refractivity contribution in [3.63, 3.8) is 0 Å². The number of hydrogen-bond donors (Lipinski definition) is 1. The third-order valence-corrected chi connectivity index (χ3v) is 2.58. The first kappa shape index (κ1) is 13.0. The van der Waals surface area contributed by atoms with Crippen LogP contribution in [-0.4, -0.2) is 49.5 Å². The monoisotopic (exact) mass is 227 g/mol. The summed E-state index contributed by atoms with van der Waals surface area (Å²) >= 11 is 0. The molecule has 0 aromatic heterocycles. The minimum absolute atomic E-state index is 0.142. The van der Waals surface area contributed by atoms with Gasteiger partial charge in [0.05, 0.1) is 19.0 Å². The molecule has 1 fully saturated rings. The van der Waals surface area contributed by atoms with E-state index in [1.807, 2.05) is 18.7 Å². The highest BCUT2D eigenvalue weighted by Crippen LogP contribution is 2.00. The Morgan fingerprint density at radius 3 is 2.62 bits per heavy atom. The number of aliphatic imine (C=N–C) groups is 1. The lowest BCUT2D eigenvalue weighted by Crippen LogP contribution is -2.40. The van der Waals surface area contributed by atoms with Crippen LogP contribution in [0.4, 0.5) is 0 Å². The van der Waals surface area contributed by atoms with Crippen LogP contribution in [0.3, 0.4) is 0 Å². The first-order valence-electron chi connectivity index (χ1n) is 5.76. The normalized spacial score (nSPS) is 17.9. The van der Waals surface area contributed by atoms with E-state index in [9.17, 15) is 4.79 Å². The summed E-state index contributed by atoms with van der Waals surface area (Å²) in [6.07, 6.45) is 0.438. The molecule has 0 spiro atoms. The van der Waals surface area contributed by atoms with Gasteiger partial charge in [0.1, 0.15) is 0 Å². The number of rotatable bonds is 4. The van der Waals surface area contributed by atoms with E-state index in [1.54, 1.807) is 0 Å². The molecule has 5 heteroatoms. The Bertz CT molecular complexity index is 258. The summed E-state index contributed by atoms with van der Waals surface area (Å²) in [4.78, 5) is 17.7. The van der Waals surface area contributed by atoms with E-state index in [2.05, 4.69) is 4.99 Å². The van der Waals surface area contributed by atoms with Crippen LogP contribution in [0, 0.1) is 5.92 Å². The van der Waals surface area contributed by atoms with Crippen molar-refractivity contribution in [1.29, 1.82) is 0 Å². The van der Waals surface area contributed by atoms with E-state index in [1.165, 1.54) is 0 Å². The number of hydrogen-bond acceptors (Lipinski definition) is 3. The predicted octanol–water partition coefficient (Wildman–Crippen LogP) is 0.249. The van der Waals surface area contributed by atoms with Gasteiger partial charge >= 0.3 is 0 Å². The second-order valence-electron chi connectivity index (χ2n) is 4.20. The third kappa shape index (κ3) is 4.18. The maximum absolute atomic E-state index is 11.7. The molecule has 0 saturated carbocycles. The lowest BCUT2D eigenvalue weighted by molar-refractivity contribution is -0.135. The standard InChI is InChI=1S/C11H21N3O2/c1-9(2)11(12)13-4-3-10(15)14-5-7-16-8-6-14/h9H,3-8H2,1-2H3,(H2,12,13). The lowest BCUT2D eigenvalue weighted by Gasteiger charge is -2.26. The Morgan fingerprint density at radius 2 is 2.06 bits per heavy atom. The van der Waals surface area contributed by atoms with E-state index < -0.39 is 0 Å². The molecule has 0 aliphatic carbocycles. The van der Waals surface area contributed by atoms with Crippen LogP contribution in [0.25, 0.3) is 0 Å². The molecule has 16 heavy (non-hydrogen) atoms. The second kappa shape index (κ2) is 6.48. The molecular weight excluding hydrogens is 206 g/mol. The Hall–Kier alpha value is -1.10. The zero-order valence-electron chi connectivity index (χ0n) is 10.1. The molecule has 0 unspecified atom stereocenters. The second-order valence-corrected chi connectivity index (χ2v) is 4.20. The van der Waals surface area contributed by atoms with Crippen LogP contribution < -0.4 is 5.73 Å². The summed E-state index contributed by atoms with van der Waals surface area (Å²) in [6, 6.07) is 0. The average molecular weight is 227 g/mol. The Balaban J connectivity index is 2.26. The number of carbonyl (C=O) groups is 1. The Labute approximate surface area is 96.7 Å². The van der Waals surface area contributed by atoms with E-state index in [0.29, 0.717) is 45.1 Å². The van der Waals surface area contributed by atoms with Crippen molar-refractivity contribution in [2.75, 3.05) is 32.8 Å². The van der Waals surface area contributed by atoms with Crippen molar-refractivity contribution >= 4 is 11.7 Å². The van der Waals surface area contributed by atoms with Crippen LogP contribution in [0.1, 0.15) is 20.3 Å². The smallest absolute Gasteiger partial charge is 0.224 e. The fourth-order valence-electron chi connectivity index (χ4n) is 1.43. The largest absolute Gasteiger partial charge is 0.387 e. The van der Waals surface area contributed by atoms with Crippen LogP contribution in [0.2, 0.25) is 0 Å². The molecule has 0 aromatic carbocycles. The zero-order chi connectivity index (χ0) is 12.0. The highest BCUT2D eigenvalue weighted by molar-refractivity contribution is 5.82. The quantitative estimate of drug-likeness (QED) is 0.553. The summed E-state index contributed by atoms with van der Waals surface area (Å²) < 4.78 is 5.18. The summed E-state index contributed by atoms with van der Waals surface area (Å²) in [7, 11) is 0. The number of nitrogens with zero attached hydrogens (tertiary/aromatic N) is 2. The third-order valence-electron chi connectivity index (χ3n) is 2.58. The fourth-order valence-corrected chi connectivity index (χ4v) is 1.43. The number of amidine groups is 1. The molecule has 1 aliphatic rings.